The predicted octanol–water partition coefficient (Wildman–Crippen LogP) is 8.44. The van der Waals surface area contributed by atoms with Crippen molar-refractivity contribution < 1.29 is 22.0 Å². The second-order valence-electron chi connectivity index (χ2n) is 8.56. The summed E-state index contributed by atoms with van der Waals surface area (Å²) in [7, 11) is 0. The summed E-state index contributed by atoms with van der Waals surface area (Å²) in [6.45, 7) is 3.73. The zero-order valence-electron chi connectivity index (χ0n) is 19.4. The van der Waals surface area contributed by atoms with Gasteiger partial charge in [-0.3, -0.25) is 0 Å². The fourth-order valence-electron chi connectivity index (χ4n) is 4.00. The number of alkyl halides is 3. The van der Waals surface area contributed by atoms with Gasteiger partial charge in [-0.1, -0.05) is 54.3 Å². The van der Waals surface area contributed by atoms with Gasteiger partial charge in [-0.25, -0.2) is 8.78 Å². The molecule has 0 atom stereocenters. The summed E-state index contributed by atoms with van der Waals surface area (Å²) in [6, 6.07) is 19.5. The number of rotatable bonds is 6. The highest BCUT2D eigenvalue weighted by Gasteiger charge is 2.33. The van der Waals surface area contributed by atoms with E-state index in [0.717, 1.165) is 36.1 Å². The zero-order valence-corrected chi connectivity index (χ0v) is 19.4. The lowest BCUT2D eigenvalue weighted by atomic mass is 9.98. The first-order chi connectivity index (χ1) is 17.2. The third-order valence-electron chi connectivity index (χ3n) is 6.00. The molecule has 0 saturated carbocycles. The third-order valence-corrected chi connectivity index (χ3v) is 6.00. The average molecular weight is 491 g/mol. The van der Waals surface area contributed by atoms with Crippen molar-refractivity contribution in [2.75, 3.05) is 0 Å². The summed E-state index contributed by atoms with van der Waals surface area (Å²) < 4.78 is 67.2. The molecule has 4 aromatic carbocycles. The molecule has 0 aromatic heterocycles. The summed E-state index contributed by atoms with van der Waals surface area (Å²) in [6.07, 6.45) is -0.541. The molecule has 0 fully saturated rings. The number of halogens is 5. The Labute approximate surface area is 207 Å². The predicted molar refractivity (Wildman–Crippen MR) is 134 cm³/mol. The van der Waals surface area contributed by atoms with Crippen molar-refractivity contribution in [1.29, 1.82) is 0 Å². The van der Waals surface area contributed by atoms with Crippen molar-refractivity contribution in [2.24, 2.45) is 0 Å². The standard InChI is InChI=1S/C31H23F5/c1-2-3-4-21-5-7-22(8-6-21)9-10-23-12-17-27-26(19-23)16-15-25(30(27)33)14-11-24-13-18-28(29(32)20-24)31(34,35)36/h2,5-8,12-13,15-20H,1,3-4,11,14H2. The molecule has 0 aliphatic rings. The summed E-state index contributed by atoms with van der Waals surface area (Å²) in [5.74, 6) is 4.52. The van der Waals surface area contributed by atoms with Crippen LogP contribution < -0.4 is 0 Å². The van der Waals surface area contributed by atoms with Gasteiger partial charge in [0, 0.05) is 16.5 Å². The average Bonchev–Trinajstić information content (AvgIpc) is 2.85. The normalized spacial score (nSPS) is 11.2. The van der Waals surface area contributed by atoms with Crippen LogP contribution in [-0.4, -0.2) is 0 Å². The van der Waals surface area contributed by atoms with Crippen LogP contribution in [0, 0.1) is 23.5 Å². The molecule has 182 valence electrons. The zero-order chi connectivity index (χ0) is 25.7. The minimum absolute atomic E-state index is 0.216. The molecule has 0 heterocycles. The molecule has 0 bridgehead atoms. The molecule has 5 heteroatoms. The minimum Gasteiger partial charge on any atom is -0.206 e. The van der Waals surface area contributed by atoms with Crippen LogP contribution in [0.15, 0.2) is 85.5 Å². The molecule has 0 saturated heterocycles. The summed E-state index contributed by atoms with van der Waals surface area (Å²) >= 11 is 0. The van der Waals surface area contributed by atoms with Crippen LogP contribution in [-0.2, 0) is 25.4 Å². The lowest BCUT2D eigenvalue weighted by Gasteiger charge is -2.10. The maximum atomic E-state index is 15.1. The van der Waals surface area contributed by atoms with Gasteiger partial charge in [-0.15, -0.1) is 6.58 Å². The Bertz CT molecular complexity index is 1450. The monoisotopic (exact) mass is 490 g/mol. The molecule has 0 aliphatic carbocycles. The molecule has 0 N–H and O–H groups in total. The molecule has 0 amide bonds. The lowest BCUT2D eigenvalue weighted by molar-refractivity contribution is -0.140. The maximum Gasteiger partial charge on any atom is 0.419 e. The first-order valence-electron chi connectivity index (χ1n) is 11.5. The number of aryl methyl sites for hydroxylation is 3. The third kappa shape index (κ3) is 6.01. The van der Waals surface area contributed by atoms with Gasteiger partial charge in [-0.05, 0) is 84.2 Å². The highest BCUT2D eigenvalue weighted by atomic mass is 19.4. The van der Waals surface area contributed by atoms with Gasteiger partial charge in [0.1, 0.15) is 11.6 Å². The van der Waals surface area contributed by atoms with Crippen molar-refractivity contribution in [3.63, 3.8) is 0 Å². The van der Waals surface area contributed by atoms with E-state index >= 15 is 4.39 Å². The quantitative estimate of drug-likeness (QED) is 0.145. The number of benzene rings is 4. The van der Waals surface area contributed by atoms with Gasteiger partial charge in [-0.2, -0.15) is 13.2 Å². The Balaban J connectivity index is 1.47. The fourth-order valence-corrected chi connectivity index (χ4v) is 4.00. The summed E-state index contributed by atoms with van der Waals surface area (Å²) in [5, 5.41) is 1.13. The SMILES string of the molecule is C=CCCc1ccc(C#Cc2ccc3c(F)c(CCc4ccc(C(F)(F)F)c(F)c4)ccc3c2)cc1. The van der Waals surface area contributed by atoms with Crippen LogP contribution in [0.3, 0.4) is 0 Å². The van der Waals surface area contributed by atoms with Gasteiger partial charge >= 0.3 is 6.18 Å². The molecular formula is C31H23F5. The van der Waals surface area contributed by atoms with E-state index < -0.39 is 23.4 Å². The molecule has 0 aliphatic heterocycles. The van der Waals surface area contributed by atoms with Crippen molar-refractivity contribution in [3.05, 3.63) is 130 Å². The highest BCUT2D eigenvalue weighted by molar-refractivity contribution is 5.85. The number of hydrogen-bond donors (Lipinski definition) is 0. The van der Waals surface area contributed by atoms with Gasteiger partial charge in [0.2, 0.25) is 0 Å². The Morgan fingerprint density at radius 1 is 0.722 bits per heavy atom. The smallest absolute Gasteiger partial charge is 0.206 e. The van der Waals surface area contributed by atoms with Crippen molar-refractivity contribution in [3.8, 4) is 11.8 Å². The Morgan fingerprint density at radius 3 is 2.11 bits per heavy atom. The van der Waals surface area contributed by atoms with E-state index in [1.54, 1.807) is 24.3 Å². The van der Waals surface area contributed by atoms with Gasteiger partial charge in [0.15, 0.2) is 0 Å². The number of allylic oxidation sites excluding steroid dienone is 1. The molecular weight excluding hydrogens is 467 g/mol. The van der Waals surface area contributed by atoms with E-state index in [2.05, 4.69) is 18.4 Å². The van der Waals surface area contributed by atoms with Gasteiger partial charge < -0.3 is 0 Å². The van der Waals surface area contributed by atoms with Gasteiger partial charge in [0.05, 0.1) is 5.56 Å². The first kappa shape index (κ1) is 25.2. The van der Waals surface area contributed by atoms with Crippen LogP contribution in [0.1, 0.15) is 39.8 Å². The van der Waals surface area contributed by atoms with Crippen LogP contribution in [0.5, 0.6) is 0 Å². The molecule has 0 nitrogen and oxygen atoms in total. The van der Waals surface area contributed by atoms with E-state index in [-0.39, 0.29) is 12.8 Å². The van der Waals surface area contributed by atoms with Crippen LogP contribution in [0.2, 0.25) is 0 Å². The molecule has 4 rings (SSSR count). The number of hydrogen-bond acceptors (Lipinski definition) is 0. The lowest BCUT2D eigenvalue weighted by Crippen LogP contribution is -2.08. The molecule has 0 radical (unpaired) electrons. The molecule has 36 heavy (non-hydrogen) atoms. The second-order valence-corrected chi connectivity index (χ2v) is 8.56. The number of fused-ring (bicyclic) bond motifs is 1. The molecule has 0 unspecified atom stereocenters. The fraction of sp³-hybridized carbons (Fsp3) is 0.161. The van der Waals surface area contributed by atoms with Gasteiger partial charge in [0.25, 0.3) is 0 Å². The van der Waals surface area contributed by atoms with Crippen LogP contribution in [0.25, 0.3) is 10.8 Å². The molecule has 0 spiro atoms. The van der Waals surface area contributed by atoms with E-state index in [1.807, 2.05) is 36.4 Å². The Hall–Kier alpha value is -3.91. The Kier molecular flexibility index (Phi) is 7.55. The van der Waals surface area contributed by atoms with E-state index in [1.165, 1.54) is 11.6 Å². The second kappa shape index (κ2) is 10.8. The van der Waals surface area contributed by atoms with E-state index in [0.29, 0.717) is 21.9 Å². The van der Waals surface area contributed by atoms with Crippen LogP contribution >= 0.6 is 0 Å². The van der Waals surface area contributed by atoms with E-state index in [4.69, 9.17) is 0 Å². The minimum atomic E-state index is -4.74. The van der Waals surface area contributed by atoms with Crippen molar-refractivity contribution in [1.82, 2.24) is 0 Å². The topological polar surface area (TPSA) is 0 Å². The largest absolute Gasteiger partial charge is 0.419 e. The van der Waals surface area contributed by atoms with E-state index in [9.17, 15) is 17.6 Å². The Morgan fingerprint density at radius 2 is 1.42 bits per heavy atom. The summed E-state index contributed by atoms with van der Waals surface area (Å²) in [4.78, 5) is 0. The molecule has 4 aromatic rings. The summed E-state index contributed by atoms with van der Waals surface area (Å²) in [5.41, 5.74) is 2.35. The van der Waals surface area contributed by atoms with Crippen molar-refractivity contribution in [2.45, 2.75) is 31.9 Å². The maximum absolute atomic E-state index is 15.1. The highest BCUT2D eigenvalue weighted by Crippen LogP contribution is 2.32. The van der Waals surface area contributed by atoms with Crippen LogP contribution in [0.4, 0.5) is 22.0 Å². The first-order valence-corrected chi connectivity index (χ1v) is 11.5. The van der Waals surface area contributed by atoms with Crippen molar-refractivity contribution >= 4 is 10.8 Å².